The highest BCUT2D eigenvalue weighted by molar-refractivity contribution is 5.96. The highest BCUT2D eigenvalue weighted by atomic mass is 16.5. The van der Waals surface area contributed by atoms with Crippen molar-refractivity contribution in [2.24, 2.45) is 0 Å². The number of carbonyl (C=O) groups is 2. The number of hydrogen-bond donors (Lipinski definition) is 0. The summed E-state index contributed by atoms with van der Waals surface area (Å²) in [5, 5.41) is 0. The van der Waals surface area contributed by atoms with Gasteiger partial charge in [-0.15, -0.1) is 0 Å². The first-order valence-corrected chi connectivity index (χ1v) is 7.31. The fraction of sp³-hybridized carbons (Fsp3) is 0.500. The molecule has 1 aliphatic heterocycles. The molecule has 0 bridgehead atoms. The van der Waals surface area contributed by atoms with Gasteiger partial charge < -0.3 is 19.1 Å². The van der Waals surface area contributed by atoms with Crippen LogP contribution in [-0.2, 0) is 9.53 Å². The van der Waals surface area contributed by atoms with Crippen molar-refractivity contribution in [1.82, 2.24) is 4.90 Å². The van der Waals surface area contributed by atoms with E-state index in [-0.39, 0.29) is 31.0 Å². The van der Waals surface area contributed by atoms with E-state index in [9.17, 15) is 9.59 Å². The van der Waals surface area contributed by atoms with Crippen LogP contribution in [0.25, 0.3) is 0 Å². The number of ether oxygens (including phenoxy) is 3. The lowest BCUT2D eigenvalue weighted by atomic mass is 10.00. The van der Waals surface area contributed by atoms with Crippen LogP contribution in [0.15, 0.2) is 12.1 Å². The van der Waals surface area contributed by atoms with E-state index in [0.717, 1.165) is 11.3 Å². The van der Waals surface area contributed by atoms with Crippen molar-refractivity contribution >= 4 is 17.7 Å². The van der Waals surface area contributed by atoms with Crippen molar-refractivity contribution in [3.8, 4) is 11.5 Å². The molecule has 0 saturated heterocycles. The van der Waals surface area contributed by atoms with Crippen LogP contribution >= 0.6 is 0 Å². The molecule has 1 unspecified atom stereocenters. The van der Waals surface area contributed by atoms with Gasteiger partial charge in [0.2, 0.25) is 0 Å². The lowest BCUT2D eigenvalue weighted by Crippen LogP contribution is -2.47. The Morgan fingerprint density at radius 1 is 1.17 bits per heavy atom. The summed E-state index contributed by atoms with van der Waals surface area (Å²) in [5.41, 5.74) is 1.66. The number of benzene rings is 1. The van der Waals surface area contributed by atoms with Crippen LogP contribution in [0.2, 0.25) is 0 Å². The number of fused-ring (bicyclic) bond motifs is 1. The Hall–Kier alpha value is -2.44. The molecule has 1 atom stereocenters. The summed E-state index contributed by atoms with van der Waals surface area (Å²) < 4.78 is 15.3. The molecule has 23 heavy (non-hydrogen) atoms. The molecule has 1 aromatic carbocycles. The Balaban J connectivity index is 2.47. The second-order valence-electron chi connectivity index (χ2n) is 5.31. The molecule has 7 heteroatoms. The Kier molecular flexibility index (Phi) is 4.98. The zero-order valence-corrected chi connectivity index (χ0v) is 14.1. The summed E-state index contributed by atoms with van der Waals surface area (Å²) in [6, 6.07) is 3.37. The highest BCUT2D eigenvalue weighted by Gasteiger charge is 2.34. The molecular weight excluding hydrogens is 300 g/mol. The average Bonchev–Trinajstić information content (AvgIpc) is 2.58. The summed E-state index contributed by atoms with van der Waals surface area (Å²) in [6.07, 6.45) is 0.123. The first kappa shape index (κ1) is 16.9. The van der Waals surface area contributed by atoms with Crippen molar-refractivity contribution in [2.45, 2.75) is 19.4 Å². The quantitative estimate of drug-likeness (QED) is 0.777. The van der Waals surface area contributed by atoms with Gasteiger partial charge in [0.05, 0.1) is 39.5 Å². The van der Waals surface area contributed by atoms with Crippen LogP contribution < -0.4 is 14.4 Å². The molecule has 0 fully saturated rings. The van der Waals surface area contributed by atoms with Gasteiger partial charge in [-0.25, -0.2) is 4.79 Å². The second kappa shape index (κ2) is 6.76. The van der Waals surface area contributed by atoms with E-state index < -0.39 is 0 Å². The van der Waals surface area contributed by atoms with Crippen LogP contribution in [0.1, 0.15) is 24.9 Å². The third-order valence-electron chi connectivity index (χ3n) is 4.15. The maximum Gasteiger partial charge on any atom is 0.324 e. The summed E-state index contributed by atoms with van der Waals surface area (Å²) in [5.74, 6) is 0.786. The first-order valence-electron chi connectivity index (χ1n) is 7.31. The largest absolute Gasteiger partial charge is 0.493 e. The molecular formula is C16H22N2O5. The van der Waals surface area contributed by atoms with E-state index in [4.69, 9.17) is 9.47 Å². The summed E-state index contributed by atoms with van der Waals surface area (Å²) in [7, 11) is 6.18. The third kappa shape index (κ3) is 3.04. The summed E-state index contributed by atoms with van der Waals surface area (Å²) in [6.45, 7) is 2.19. The summed E-state index contributed by atoms with van der Waals surface area (Å²) in [4.78, 5) is 27.2. The predicted octanol–water partition coefficient (Wildman–Crippen LogP) is 2.20. The van der Waals surface area contributed by atoms with Gasteiger partial charge >= 0.3 is 12.0 Å². The number of rotatable bonds is 5. The SMILES string of the molecule is COC(=O)CCN1C(=O)N(C)C(C)c2cc(OC)c(OC)cc21. The Morgan fingerprint density at radius 2 is 1.78 bits per heavy atom. The van der Waals surface area contributed by atoms with E-state index in [1.807, 2.05) is 13.0 Å². The zero-order valence-electron chi connectivity index (χ0n) is 14.1. The minimum absolute atomic E-state index is 0.105. The smallest absolute Gasteiger partial charge is 0.324 e. The van der Waals surface area contributed by atoms with Crippen molar-refractivity contribution in [3.63, 3.8) is 0 Å². The fourth-order valence-electron chi connectivity index (χ4n) is 2.64. The minimum Gasteiger partial charge on any atom is -0.493 e. The Labute approximate surface area is 135 Å². The maximum absolute atomic E-state index is 12.6. The zero-order chi connectivity index (χ0) is 17.1. The number of urea groups is 1. The van der Waals surface area contributed by atoms with Crippen LogP contribution in [0, 0.1) is 0 Å². The van der Waals surface area contributed by atoms with Crippen molar-refractivity contribution < 1.29 is 23.8 Å². The highest BCUT2D eigenvalue weighted by Crippen LogP contribution is 2.42. The van der Waals surface area contributed by atoms with E-state index >= 15 is 0 Å². The van der Waals surface area contributed by atoms with Gasteiger partial charge in [-0.3, -0.25) is 9.69 Å². The molecule has 1 aliphatic rings. The molecule has 0 saturated carbocycles. The topological polar surface area (TPSA) is 68.3 Å². The normalized spacial score (nSPS) is 16.9. The van der Waals surface area contributed by atoms with Crippen LogP contribution in [0.4, 0.5) is 10.5 Å². The Bertz CT molecular complexity index is 617. The van der Waals surface area contributed by atoms with Gasteiger partial charge in [-0.2, -0.15) is 0 Å². The lowest BCUT2D eigenvalue weighted by Gasteiger charge is -2.39. The van der Waals surface area contributed by atoms with Crippen LogP contribution in [0.3, 0.4) is 0 Å². The molecule has 0 aromatic heterocycles. The van der Waals surface area contributed by atoms with Gasteiger partial charge in [0, 0.05) is 25.2 Å². The van der Waals surface area contributed by atoms with Gasteiger partial charge in [-0.1, -0.05) is 0 Å². The fourth-order valence-corrected chi connectivity index (χ4v) is 2.64. The maximum atomic E-state index is 12.6. The van der Waals surface area contributed by atoms with Gasteiger partial charge in [0.1, 0.15) is 0 Å². The third-order valence-corrected chi connectivity index (χ3v) is 4.15. The Morgan fingerprint density at radius 3 is 2.35 bits per heavy atom. The van der Waals surface area contributed by atoms with E-state index in [2.05, 4.69) is 4.74 Å². The molecule has 0 radical (unpaired) electrons. The molecule has 0 aliphatic carbocycles. The minimum atomic E-state index is -0.360. The number of hydrogen-bond acceptors (Lipinski definition) is 5. The monoisotopic (exact) mass is 322 g/mol. The molecule has 1 aromatic rings. The molecule has 2 rings (SSSR count). The number of nitrogens with zero attached hydrogens (tertiary/aromatic N) is 2. The van der Waals surface area contributed by atoms with E-state index in [0.29, 0.717) is 11.5 Å². The second-order valence-corrected chi connectivity index (χ2v) is 5.31. The van der Waals surface area contributed by atoms with Gasteiger partial charge in [0.25, 0.3) is 0 Å². The number of anilines is 1. The number of amides is 2. The van der Waals surface area contributed by atoms with Crippen LogP contribution in [0.5, 0.6) is 11.5 Å². The number of carbonyl (C=O) groups excluding carboxylic acids is 2. The van der Waals surface area contributed by atoms with Gasteiger partial charge in [0.15, 0.2) is 11.5 Å². The molecule has 2 amide bonds. The number of methoxy groups -OCH3 is 3. The molecule has 126 valence electrons. The molecule has 1 heterocycles. The van der Waals surface area contributed by atoms with E-state index in [1.54, 1.807) is 37.1 Å². The number of esters is 1. The van der Waals surface area contributed by atoms with Gasteiger partial charge in [-0.05, 0) is 13.0 Å². The van der Waals surface area contributed by atoms with Crippen LogP contribution in [-0.4, -0.2) is 51.8 Å². The van der Waals surface area contributed by atoms with Crippen molar-refractivity contribution in [1.29, 1.82) is 0 Å². The molecule has 7 nitrogen and oxygen atoms in total. The lowest BCUT2D eigenvalue weighted by molar-refractivity contribution is -0.140. The first-order chi connectivity index (χ1) is 10.9. The summed E-state index contributed by atoms with van der Waals surface area (Å²) >= 11 is 0. The average molecular weight is 322 g/mol. The van der Waals surface area contributed by atoms with Crippen molar-refractivity contribution in [2.75, 3.05) is 39.8 Å². The standard InChI is InChI=1S/C16H22N2O5/c1-10-11-8-13(21-3)14(22-4)9-12(11)18(16(20)17(10)2)7-6-15(19)23-5/h8-10H,6-7H2,1-5H3. The van der Waals surface area contributed by atoms with E-state index in [1.165, 1.54) is 7.11 Å². The molecule has 0 spiro atoms. The van der Waals surface area contributed by atoms with Crippen molar-refractivity contribution in [3.05, 3.63) is 17.7 Å². The molecule has 0 N–H and O–H groups in total. The predicted molar refractivity (Wildman–Crippen MR) is 85.1 cm³/mol.